The first kappa shape index (κ1) is 15.9. The molecule has 26 heavy (non-hydrogen) atoms. The Hall–Kier alpha value is -2.34. The van der Waals surface area contributed by atoms with Gasteiger partial charge >= 0.3 is 0 Å². The molecule has 5 rings (SSSR count). The second kappa shape index (κ2) is 5.84. The summed E-state index contributed by atoms with van der Waals surface area (Å²) in [6.07, 6.45) is 7.86. The number of methoxy groups -OCH3 is 1. The highest BCUT2D eigenvalue weighted by molar-refractivity contribution is 6.10. The van der Waals surface area contributed by atoms with Gasteiger partial charge in [-0.1, -0.05) is 6.42 Å². The van der Waals surface area contributed by atoms with Crippen molar-refractivity contribution in [3.8, 4) is 11.4 Å². The maximum absolute atomic E-state index is 5.77. The van der Waals surface area contributed by atoms with E-state index in [4.69, 9.17) is 9.84 Å². The van der Waals surface area contributed by atoms with Crippen LogP contribution in [0.3, 0.4) is 0 Å². The average molecular weight is 351 g/mol. The summed E-state index contributed by atoms with van der Waals surface area (Å²) >= 11 is 0. The van der Waals surface area contributed by atoms with E-state index in [1.54, 1.807) is 7.11 Å². The predicted octanol–water partition coefficient (Wildman–Crippen LogP) is 2.79. The van der Waals surface area contributed by atoms with Crippen LogP contribution in [-0.4, -0.2) is 36.3 Å². The van der Waals surface area contributed by atoms with Gasteiger partial charge in [0.2, 0.25) is 0 Å². The fraction of sp³-hybridized carbons (Fsp3) is 0.500. The van der Waals surface area contributed by atoms with Crippen molar-refractivity contribution < 1.29 is 4.74 Å². The number of amidine groups is 1. The van der Waals surface area contributed by atoms with Gasteiger partial charge in [-0.25, -0.2) is 4.68 Å². The number of anilines is 1. The Balaban J connectivity index is 1.61. The highest BCUT2D eigenvalue weighted by Crippen LogP contribution is 2.53. The summed E-state index contributed by atoms with van der Waals surface area (Å²) in [5.74, 6) is 1.97. The molecule has 1 fully saturated rings. The number of nitrogens with zero attached hydrogens (tertiary/aromatic N) is 3. The molecule has 1 spiro atoms. The van der Waals surface area contributed by atoms with E-state index in [-0.39, 0.29) is 5.41 Å². The fourth-order valence-electron chi connectivity index (χ4n) is 4.62. The van der Waals surface area contributed by atoms with Crippen molar-refractivity contribution in [1.29, 1.82) is 0 Å². The lowest BCUT2D eigenvalue weighted by molar-refractivity contribution is 0.344. The first-order chi connectivity index (χ1) is 12.7. The third kappa shape index (κ3) is 2.14. The molecule has 3 aliphatic rings. The molecule has 6 nitrogen and oxygen atoms in total. The first-order valence-electron chi connectivity index (χ1n) is 9.50. The van der Waals surface area contributed by atoms with E-state index in [1.807, 2.05) is 11.7 Å². The van der Waals surface area contributed by atoms with Gasteiger partial charge < -0.3 is 15.4 Å². The smallest absolute Gasteiger partial charge is 0.144 e. The van der Waals surface area contributed by atoms with Gasteiger partial charge in [0.15, 0.2) is 0 Å². The molecule has 6 heteroatoms. The largest absolute Gasteiger partial charge is 0.494 e. The summed E-state index contributed by atoms with van der Waals surface area (Å²) in [7, 11) is 3.62. The van der Waals surface area contributed by atoms with E-state index in [0.717, 1.165) is 61.7 Å². The van der Waals surface area contributed by atoms with Gasteiger partial charge in [-0.15, -0.1) is 0 Å². The number of ether oxygens (including phenoxy) is 1. The van der Waals surface area contributed by atoms with Gasteiger partial charge in [-0.3, -0.25) is 4.99 Å². The molecule has 2 aliphatic heterocycles. The summed E-state index contributed by atoms with van der Waals surface area (Å²) in [4.78, 5) is 4.53. The van der Waals surface area contributed by atoms with Gasteiger partial charge in [0, 0.05) is 31.0 Å². The molecule has 2 N–H and O–H groups in total. The van der Waals surface area contributed by atoms with Crippen LogP contribution in [0, 0.1) is 0 Å². The number of hydrogen-bond donors (Lipinski definition) is 2. The summed E-state index contributed by atoms with van der Waals surface area (Å²) in [5.41, 5.74) is 5.99. The van der Waals surface area contributed by atoms with Crippen molar-refractivity contribution in [3.63, 3.8) is 0 Å². The van der Waals surface area contributed by atoms with Gasteiger partial charge in [-0.05, 0) is 49.9 Å². The molecule has 0 radical (unpaired) electrons. The fourth-order valence-corrected chi connectivity index (χ4v) is 4.62. The molecule has 0 saturated heterocycles. The summed E-state index contributed by atoms with van der Waals surface area (Å²) in [6, 6.07) is 4.37. The Morgan fingerprint density at radius 1 is 1.27 bits per heavy atom. The third-order valence-corrected chi connectivity index (χ3v) is 6.18. The number of rotatable bonds is 2. The zero-order valence-corrected chi connectivity index (χ0v) is 15.4. The number of fused-ring (bicyclic) bond motifs is 3. The second-order valence-electron chi connectivity index (χ2n) is 7.53. The van der Waals surface area contributed by atoms with Crippen LogP contribution in [0.25, 0.3) is 5.69 Å². The van der Waals surface area contributed by atoms with Crippen LogP contribution < -0.4 is 15.4 Å². The van der Waals surface area contributed by atoms with E-state index in [1.165, 1.54) is 23.2 Å². The second-order valence-corrected chi connectivity index (χ2v) is 7.53. The SMILES string of the molecule is CN=C1Nc2cc(-n3cc4c(n3)CCCNC4)c(OC)cc2C12CCC2. The Kier molecular flexibility index (Phi) is 3.57. The lowest BCUT2D eigenvalue weighted by atomic mass is 9.65. The number of aryl methyl sites for hydroxylation is 1. The Labute approximate surface area is 153 Å². The summed E-state index contributed by atoms with van der Waals surface area (Å²) < 4.78 is 7.75. The van der Waals surface area contributed by atoms with Crippen LogP contribution in [0.1, 0.15) is 42.5 Å². The minimum atomic E-state index is 0.0705. The topological polar surface area (TPSA) is 63.5 Å². The van der Waals surface area contributed by atoms with Crippen molar-refractivity contribution in [1.82, 2.24) is 15.1 Å². The van der Waals surface area contributed by atoms with Crippen LogP contribution in [0.5, 0.6) is 5.75 Å². The standard InChI is InChI=1S/C20H25N5O/c1-21-19-20(6-4-7-20)14-9-18(26-2)17(10-16(14)23-19)25-12-13-11-22-8-3-5-15(13)24-25/h9-10,12,22H,3-8,11H2,1-2H3,(H,21,23). The molecule has 1 aromatic carbocycles. The number of benzene rings is 1. The molecule has 1 aliphatic carbocycles. The van der Waals surface area contributed by atoms with Crippen molar-refractivity contribution in [3.05, 3.63) is 35.2 Å². The highest BCUT2D eigenvalue weighted by atomic mass is 16.5. The number of hydrogen-bond acceptors (Lipinski definition) is 4. The maximum atomic E-state index is 5.77. The van der Waals surface area contributed by atoms with Crippen molar-refractivity contribution in [2.45, 2.75) is 44.1 Å². The van der Waals surface area contributed by atoms with E-state index >= 15 is 0 Å². The van der Waals surface area contributed by atoms with Gasteiger partial charge in [0.05, 0.1) is 18.2 Å². The summed E-state index contributed by atoms with van der Waals surface area (Å²) in [6.45, 7) is 1.94. The molecule has 0 bridgehead atoms. The summed E-state index contributed by atoms with van der Waals surface area (Å²) in [5, 5.41) is 11.9. The molecular formula is C20H25N5O. The van der Waals surface area contributed by atoms with Gasteiger partial charge in [0.25, 0.3) is 0 Å². The average Bonchev–Trinajstić information content (AvgIpc) is 3.10. The normalized spacial score (nSPS) is 21.7. The minimum Gasteiger partial charge on any atom is -0.494 e. The van der Waals surface area contributed by atoms with Gasteiger partial charge in [-0.2, -0.15) is 5.10 Å². The zero-order valence-electron chi connectivity index (χ0n) is 15.4. The quantitative estimate of drug-likeness (QED) is 0.873. The molecule has 0 amide bonds. The zero-order chi connectivity index (χ0) is 17.7. The van der Waals surface area contributed by atoms with E-state index in [9.17, 15) is 0 Å². The molecule has 3 heterocycles. The van der Waals surface area contributed by atoms with Crippen LogP contribution in [0.4, 0.5) is 5.69 Å². The van der Waals surface area contributed by atoms with Crippen molar-refractivity contribution >= 4 is 11.5 Å². The van der Waals surface area contributed by atoms with E-state index in [2.05, 4.69) is 34.0 Å². The molecule has 2 aromatic rings. The Morgan fingerprint density at radius 3 is 2.88 bits per heavy atom. The molecular weight excluding hydrogens is 326 g/mol. The van der Waals surface area contributed by atoms with Gasteiger partial charge in [0.1, 0.15) is 17.3 Å². The Morgan fingerprint density at radius 2 is 2.15 bits per heavy atom. The van der Waals surface area contributed by atoms with E-state index in [0.29, 0.717) is 0 Å². The van der Waals surface area contributed by atoms with Crippen molar-refractivity contribution in [2.75, 3.05) is 26.0 Å². The lowest BCUT2D eigenvalue weighted by Gasteiger charge is -2.38. The number of aromatic nitrogens is 2. The molecule has 0 atom stereocenters. The van der Waals surface area contributed by atoms with Crippen LogP contribution >= 0.6 is 0 Å². The number of nitrogens with one attached hydrogen (secondary N) is 2. The minimum absolute atomic E-state index is 0.0705. The highest BCUT2D eigenvalue weighted by Gasteiger charge is 2.49. The number of aliphatic imine (C=N–C) groups is 1. The van der Waals surface area contributed by atoms with Crippen LogP contribution in [-0.2, 0) is 18.4 Å². The monoisotopic (exact) mass is 351 g/mol. The third-order valence-electron chi connectivity index (χ3n) is 6.18. The van der Waals surface area contributed by atoms with Crippen molar-refractivity contribution in [2.24, 2.45) is 4.99 Å². The first-order valence-corrected chi connectivity index (χ1v) is 9.50. The maximum Gasteiger partial charge on any atom is 0.144 e. The molecule has 0 unspecified atom stereocenters. The lowest BCUT2D eigenvalue weighted by Crippen LogP contribution is -2.41. The van der Waals surface area contributed by atoms with Crippen LogP contribution in [0.2, 0.25) is 0 Å². The Bertz CT molecular complexity index is 870. The van der Waals surface area contributed by atoms with Crippen LogP contribution in [0.15, 0.2) is 23.3 Å². The molecule has 1 saturated carbocycles. The molecule has 136 valence electrons. The van der Waals surface area contributed by atoms with E-state index < -0.39 is 0 Å². The molecule has 1 aromatic heterocycles. The predicted molar refractivity (Wildman–Crippen MR) is 103 cm³/mol.